The lowest BCUT2D eigenvalue weighted by Gasteiger charge is -2.42. The number of aromatic nitrogens is 2. The van der Waals surface area contributed by atoms with Crippen LogP contribution in [0.1, 0.15) is 29.2 Å². The first-order valence-corrected chi connectivity index (χ1v) is 14.3. The van der Waals surface area contributed by atoms with E-state index in [2.05, 4.69) is 15.3 Å². The smallest absolute Gasteiger partial charge is 0.305 e. The Balaban J connectivity index is 1.13. The molecule has 7 unspecified atom stereocenters. The molecule has 1 saturated heterocycles. The Kier molecular flexibility index (Phi) is 5.55. The third-order valence-corrected chi connectivity index (χ3v) is 11.1. The number of H-pyrrole nitrogens is 1. The molecule has 7 atom stereocenters. The monoisotopic (exact) mass is 550 g/mol. The second-order valence-corrected chi connectivity index (χ2v) is 12.6. The van der Waals surface area contributed by atoms with Crippen molar-refractivity contribution in [3.63, 3.8) is 0 Å². The highest BCUT2D eigenvalue weighted by Gasteiger charge is 2.69. The Morgan fingerprint density at radius 3 is 2.61 bits per heavy atom. The lowest BCUT2D eigenvalue weighted by atomic mass is 9.68. The SMILES string of the molecule is O=C(CCN1C(=O)C2C3CC(C2C1=O)C1C(c2cccnc2)c2sc(=O)[nH]c2SC31)Nc1ccc(F)cc1. The Labute approximate surface area is 225 Å². The van der Waals surface area contributed by atoms with E-state index in [0.717, 1.165) is 21.9 Å². The predicted molar refractivity (Wildman–Crippen MR) is 139 cm³/mol. The van der Waals surface area contributed by atoms with Crippen molar-refractivity contribution in [2.45, 2.75) is 29.0 Å². The first kappa shape index (κ1) is 23.8. The number of halogens is 1. The van der Waals surface area contributed by atoms with Crippen molar-refractivity contribution in [2.24, 2.45) is 29.6 Å². The van der Waals surface area contributed by atoms with Crippen LogP contribution in [0.25, 0.3) is 0 Å². The summed E-state index contributed by atoms with van der Waals surface area (Å²) in [6.07, 6.45) is 4.34. The summed E-state index contributed by atoms with van der Waals surface area (Å²) in [7, 11) is 0. The molecule has 8 nitrogen and oxygen atoms in total. The Hall–Kier alpha value is -3.31. The number of fused-ring (bicyclic) bond motifs is 9. The van der Waals surface area contributed by atoms with E-state index in [1.165, 1.54) is 40.5 Å². The van der Waals surface area contributed by atoms with E-state index in [1.54, 1.807) is 18.0 Å². The van der Waals surface area contributed by atoms with E-state index in [1.807, 2.05) is 18.3 Å². The number of amides is 3. The molecule has 3 fully saturated rings. The van der Waals surface area contributed by atoms with Gasteiger partial charge in [0.1, 0.15) is 5.82 Å². The predicted octanol–water partition coefficient (Wildman–Crippen LogP) is 3.47. The number of imide groups is 1. The molecule has 1 aromatic carbocycles. The van der Waals surface area contributed by atoms with Gasteiger partial charge in [0.15, 0.2) is 0 Å². The molecule has 4 heterocycles. The minimum Gasteiger partial charge on any atom is -0.326 e. The molecule has 2 aliphatic carbocycles. The van der Waals surface area contributed by atoms with Crippen LogP contribution in [0, 0.1) is 35.4 Å². The fraction of sp³-hybridized carbons (Fsp3) is 0.370. The highest BCUT2D eigenvalue weighted by Crippen LogP contribution is 2.68. The zero-order valence-electron chi connectivity index (χ0n) is 20.0. The summed E-state index contributed by atoms with van der Waals surface area (Å²) in [4.78, 5) is 61.4. The second kappa shape index (κ2) is 8.88. The number of hydrogen-bond acceptors (Lipinski definition) is 7. The molecular weight excluding hydrogens is 527 g/mol. The fourth-order valence-electron chi connectivity index (χ4n) is 7.20. The number of aromatic amines is 1. The molecular formula is C27H23FN4O4S2. The molecule has 11 heteroatoms. The summed E-state index contributed by atoms with van der Waals surface area (Å²) in [5.41, 5.74) is 1.48. The number of nitrogens with one attached hydrogen (secondary N) is 2. The number of pyridine rings is 1. The van der Waals surface area contributed by atoms with E-state index in [0.29, 0.717) is 5.69 Å². The highest BCUT2D eigenvalue weighted by atomic mass is 32.2. The molecule has 194 valence electrons. The minimum absolute atomic E-state index is 0.0201. The Morgan fingerprint density at radius 2 is 1.87 bits per heavy atom. The van der Waals surface area contributed by atoms with E-state index in [9.17, 15) is 23.6 Å². The summed E-state index contributed by atoms with van der Waals surface area (Å²) < 4.78 is 13.1. The van der Waals surface area contributed by atoms with Crippen molar-refractivity contribution in [3.8, 4) is 0 Å². The van der Waals surface area contributed by atoms with Gasteiger partial charge in [-0.1, -0.05) is 17.4 Å². The maximum atomic E-state index is 13.6. The van der Waals surface area contributed by atoms with Crippen molar-refractivity contribution in [1.29, 1.82) is 0 Å². The average molecular weight is 551 g/mol. The van der Waals surface area contributed by atoms with Crippen LogP contribution in [0.15, 0.2) is 58.6 Å². The maximum absolute atomic E-state index is 13.6. The van der Waals surface area contributed by atoms with E-state index < -0.39 is 11.7 Å². The molecule has 2 aromatic heterocycles. The molecule has 2 aliphatic heterocycles. The summed E-state index contributed by atoms with van der Waals surface area (Å²) in [5, 5.41) is 3.67. The van der Waals surface area contributed by atoms with E-state index >= 15 is 0 Å². The van der Waals surface area contributed by atoms with Crippen molar-refractivity contribution < 1.29 is 18.8 Å². The van der Waals surface area contributed by atoms with Gasteiger partial charge in [0.05, 0.1) is 16.9 Å². The average Bonchev–Trinajstić information content (AvgIpc) is 3.64. The fourth-order valence-corrected chi connectivity index (χ4v) is 10.1. The van der Waals surface area contributed by atoms with Crippen LogP contribution in [-0.4, -0.2) is 44.4 Å². The highest BCUT2D eigenvalue weighted by molar-refractivity contribution is 8.00. The molecule has 3 aromatic rings. The first-order valence-electron chi connectivity index (χ1n) is 12.6. The molecule has 2 saturated carbocycles. The third kappa shape index (κ3) is 3.59. The zero-order valence-corrected chi connectivity index (χ0v) is 21.6. The summed E-state index contributed by atoms with van der Waals surface area (Å²) in [5.74, 6) is -1.79. The van der Waals surface area contributed by atoms with Gasteiger partial charge in [-0.3, -0.25) is 29.1 Å². The molecule has 3 amide bonds. The molecule has 2 N–H and O–H groups in total. The van der Waals surface area contributed by atoms with Gasteiger partial charge >= 0.3 is 4.87 Å². The lowest BCUT2D eigenvalue weighted by Crippen LogP contribution is -2.42. The number of carbonyl (C=O) groups excluding carboxylic acids is 3. The third-order valence-electron chi connectivity index (χ3n) is 8.55. The van der Waals surface area contributed by atoms with Gasteiger partial charge in [-0.2, -0.15) is 0 Å². The Morgan fingerprint density at radius 1 is 1.11 bits per heavy atom. The van der Waals surface area contributed by atoms with E-state index in [-0.39, 0.29) is 70.4 Å². The molecule has 2 bridgehead atoms. The largest absolute Gasteiger partial charge is 0.326 e. The van der Waals surface area contributed by atoms with Crippen LogP contribution in [0.5, 0.6) is 0 Å². The van der Waals surface area contributed by atoms with Gasteiger partial charge < -0.3 is 10.3 Å². The molecule has 38 heavy (non-hydrogen) atoms. The Bertz CT molecular complexity index is 1510. The lowest BCUT2D eigenvalue weighted by molar-refractivity contribution is -0.141. The van der Waals surface area contributed by atoms with Crippen LogP contribution < -0.4 is 10.2 Å². The van der Waals surface area contributed by atoms with Crippen LogP contribution in [0.3, 0.4) is 0 Å². The van der Waals surface area contributed by atoms with Crippen molar-refractivity contribution in [3.05, 3.63) is 74.7 Å². The number of likely N-dealkylation sites (tertiary alicyclic amines) is 1. The number of rotatable bonds is 5. The summed E-state index contributed by atoms with van der Waals surface area (Å²) in [6.45, 7) is 0.0201. The van der Waals surface area contributed by atoms with Gasteiger partial charge in [-0.15, -0.1) is 11.8 Å². The van der Waals surface area contributed by atoms with Crippen LogP contribution in [-0.2, 0) is 14.4 Å². The number of nitrogens with zero attached hydrogens (tertiary/aromatic N) is 2. The van der Waals surface area contributed by atoms with Gasteiger partial charge in [-0.25, -0.2) is 4.39 Å². The molecule has 0 radical (unpaired) electrons. The van der Waals surface area contributed by atoms with Crippen molar-refractivity contribution >= 4 is 46.5 Å². The molecule has 7 rings (SSSR count). The van der Waals surface area contributed by atoms with Gasteiger partial charge in [0.2, 0.25) is 17.7 Å². The van der Waals surface area contributed by atoms with Crippen LogP contribution >= 0.6 is 23.1 Å². The van der Waals surface area contributed by atoms with Gasteiger partial charge in [0.25, 0.3) is 0 Å². The zero-order chi connectivity index (χ0) is 26.1. The maximum Gasteiger partial charge on any atom is 0.305 e. The van der Waals surface area contributed by atoms with Crippen molar-refractivity contribution in [1.82, 2.24) is 14.9 Å². The van der Waals surface area contributed by atoms with Gasteiger partial charge in [0, 0.05) is 47.1 Å². The number of carbonyl (C=O) groups is 3. The quantitative estimate of drug-likeness (QED) is 0.471. The number of thioether (sulfide) groups is 1. The summed E-state index contributed by atoms with van der Waals surface area (Å²) >= 11 is 2.87. The standard InChI is InChI=1S/C27H23FN4O4S2/c28-13-3-5-14(6-4-13)30-17(33)7-9-32-25(34)20-15-10-16(21(20)26(32)35)22-19(15)18(12-2-1-8-29-11-12)23-24(37-22)31-27(36)38-23/h1-6,8,11,15-16,18-22H,7,9-10H2,(H,30,33)(H,31,36). The van der Waals surface area contributed by atoms with Crippen LogP contribution in [0.2, 0.25) is 0 Å². The minimum atomic E-state index is -0.400. The molecule has 4 aliphatic rings. The topological polar surface area (TPSA) is 112 Å². The number of hydrogen-bond donors (Lipinski definition) is 2. The second-order valence-electron chi connectivity index (χ2n) is 10.4. The number of benzene rings is 1. The van der Waals surface area contributed by atoms with Gasteiger partial charge in [-0.05, 0) is 60.1 Å². The summed E-state index contributed by atoms with van der Waals surface area (Å²) in [6, 6.07) is 9.35. The van der Waals surface area contributed by atoms with E-state index in [4.69, 9.17) is 0 Å². The normalized spacial score (nSPS) is 30.8. The number of anilines is 1. The molecule has 0 spiro atoms. The van der Waals surface area contributed by atoms with Crippen molar-refractivity contribution in [2.75, 3.05) is 11.9 Å². The number of thiazole rings is 1. The first-order chi connectivity index (χ1) is 18.4. The van der Waals surface area contributed by atoms with Crippen LogP contribution in [0.4, 0.5) is 10.1 Å².